The van der Waals surface area contributed by atoms with Crippen molar-refractivity contribution in [3.05, 3.63) is 90.0 Å². The predicted molar refractivity (Wildman–Crippen MR) is 140 cm³/mol. The van der Waals surface area contributed by atoms with Crippen LogP contribution in [-0.4, -0.2) is 62.7 Å². The number of nitrogens with zero attached hydrogens (tertiary/aromatic N) is 7. The maximum atomic E-state index is 12.3. The van der Waals surface area contributed by atoms with Crippen molar-refractivity contribution in [2.24, 2.45) is 0 Å². The molecule has 5 rings (SSSR count). The highest BCUT2D eigenvalue weighted by molar-refractivity contribution is 5.91. The summed E-state index contributed by atoms with van der Waals surface area (Å²) in [6.45, 7) is 2.76. The van der Waals surface area contributed by atoms with E-state index in [0.29, 0.717) is 25.3 Å². The second-order valence-electron chi connectivity index (χ2n) is 8.40. The minimum Gasteiger partial charge on any atom is -0.463 e. The van der Waals surface area contributed by atoms with Crippen LogP contribution in [-0.2, 0) is 22.7 Å². The highest BCUT2D eigenvalue weighted by Gasteiger charge is 2.26. The Hall–Kier alpha value is -4.87. The van der Waals surface area contributed by atoms with E-state index >= 15 is 0 Å². The summed E-state index contributed by atoms with van der Waals surface area (Å²) in [5, 5.41) is 22.3. The highest BCUT2D eigenvalue weighted by Crippen LogP contribution is 2.25. The van der Waals surface area contributed by atoms with E-state index in [1.807, 2.05) is 67.7 Å². The van der Waals surface area contributed by atoms with Gasteiger partial charge in [0.2, 0.25) is 0 Å². The van der Waals surface area contributed by atoms with Gasteiger partial charge in [-0.2, -0.15) is 0 Å². The first-order valence-electron chi connectivity index (χ1n) is 12.1. The molecule has 0 bridgehead atoms. The van der Waals surface area contributed by atoms with Gasteiger partial charge in [0.05, 0.1) is 24.5 Å². The lowest BCUT2D eigenvalue weighted by molar-refractivity contribution is -0.129. The fraction of sp³-hybridized carbons (Fsp3) is 0.269. The largest absolute Gasteiger partial charge is 0.463 e. The van der Waals surface area contributed by atoms with E-state index < -0.39 is 0 Å². The Bertz CT molecular complexity index is 1280. The van der Waals surface area contributed by atoms with Crippen LogP contribution in [0, 0.1) is 0 Å². The first-order chi connectivity index (χ1) is 18.7. The fourth-order valence-electron chi connectivity index (χ4n) is 3.82. The Morgan fingerprint density at radius 2 is 1.92 bits per heavy atom. The van der Waals surface area contributed by atoms with Gasteiger partial charge < -0.3 is 20.3 Å². The molecule has 0 spiro atoms. The lowest BCUT2D eigenvalue weighted by Crippen LogP contribution is -2.24. The maximum Gasteiger partial charge on any atom is 0.293 e. The summed E-state index contributed by atoms with van der Waals surface area (Å²) in [4.78, 5) is 28.4. The van der Waals surface area contributed by atoms with E-state index in [4.69, 9.17) is 0 Å². The van der Waals surface area contributed by atoms with Gasteiger partial charge >= 0.3 is 0 Å². The lowest BCUT2D eigenvalue weighted by atomic mass is 10.2. The molecule has 1 amide bonds. The molecule has 1 atom stereocenters. The zero-order valence-corrected chi connectivity index (χ0v) is 21.0. The van der Waals surface area contributed by atoms with Crippen LogP contribution in [0.3, 0.4) is 0 Å². The monoisotopic (exact) mass is 515 g/mol. The standard InChI is InChI=1S/C18H21N9O.C8H8O2/c1-19-16-5-6-17(24-23-16)26-9-7-14(11-26)27-12-15(22-25-27)18(28)21-10-13-4-2-3-8-20-13;9-7-10-6-8-4-2-1-3-5-8/h2-6,8,12,14H,7,9-11H2,1H3,(H,19,23)(H,21,28);1-5,7H,6H2. The number of anilines is 2. The molecule has 2 N–H and O–H groups in total. The molecule has 4 aromatic rings. The van der Waals surface area contributed by atoms with E-state index in [2.05, 4.69) is 45.8 Å². The lowest BCUT2D eigenvalue weighted by Gasteiger charge is -2.16. The summed E-state index contributed by atoms with van der Waals surface area (Å²) >= 11 is 0. The Kier molecular flexibility index (Phi) is 9.27. The van der Waals surface area contributed by atoms with Crippen molar-refractivity contribution in [3.8, 4) is 0 Å². The molecule has 1 aromatic carbocycles. The molecule has 1 unspecified atom stereocenters. The van der Waals surface area contributed by atoms with Crippen molar-refractivity contribution in [3.63, 3.8) is 0 Å². The molecule has 1 aliphatic heterocycles. The quantitative estimate of drug-likeness (QED) is 0.319. The predicted octanol–water partition coefficient (Wildman–Crippen LogP) is 2.25. The number of benzene rings is 1. The smallest absolute Gasteiger partial charge is 0.293 e. The molecule has 0 aliphatic carbocycles. The number of amides is 1. The molecule has 1 aliphatic rings. The number of hydrogen-bond acceptors (Lipinski definition) is 10. The zero-order valence-electron chi connectivity index (χ0n) is 21.0. The van der Waals surface area contributed by atoms with E-state index in [-0.39, 0.29) is 11.9 Å². The number of pyridine rings is 1. The van der Waals surface area contributed by atoms with Crippen LogP contribution in [0.25, 0.3) is 0 Å². The van der Waals surface area contributed by atoms with Crippen LogP contribution in [0.4, 0.5) is 11.6 Å². The summed E-state index contributed by atoms with van der Waals surface area (Å²) in [7, 11) is 1.81. The fourth-order valence-corrected chi connectivity index (χ4v) is 3.82. The van der Waals surface area contributed by atoms with Gasteiger partial charge in [-0.15, -0.1) is 15.3 Å². The average Bonchev–Trinajstić information content (AvgIpc) is 3.67. The Morgan fingerprint density at radius 3 is 2.63 bits per heavy atom. The Labute approximate surface area is 220 Å². The molecular weight excluding hydrogens is 486 g/mol. The van der Waals surface area contributed by atoms with Gasteiger partial charge in [0.25, 0.3) is 12.4 Å². The third-order valence-electron chi connectivity index (χ3n) is 5.83. The van der Waals surface area contributed by atoms with Gasteiger partial charge in [-0.25, -0.2) is 4.68 Å². The number of carbonyl (C=O) groups is 2. The number of ether oxygens (including phenoxy) is 1. The Morgan fingerprint density at radius 1 is 1.08 bits per heavy atom. The first kappa shape index (κ1) is 26.2. The van der Waals surface area contributed by atoms with Crippen LogP contribution in [0.2, 0.25) is 0 Å². The molecule has 196 valence electrons. The number of hydrogen-bond donors (Lipinski definition) is 2. The zero-order chi connectivity index (χ0) is 26.6. The highest BCUT2D eigenvalue weighted by atomic mass is 16.5. The van der Waals surface area contributed by atoms with Gasteiger partial charge in [-0.05, 0) is 36.2 Å². The summed E-state index contributed by atoms with van der Waals surface area (Å²) in [6.07, 6.45) is 4.28. The van der Waals surface area contributed by atoms with E-state index in [9.17, 15) is 9.59 Å². The minimum absolute atomic E-state index is 0.135. The van der Waals surface area contributed by atoms with Crippen LogP contribution >= 0.6 is 0 Å². The average molecular weight is 516 g/mol. The van der Waals surface area contributed by atoms with Gasteiger partial charge in [0, 0.05) is 26.3 Å². The van der Waals surface area contributed by atoms with Gasteiger partial charge in [-0.3, -0.25) is 14.6 Å². The molecule has 38 heavy (non-hydrogen) atoms. The number of rotatable bonds is 9. The molecular formula is C26H29N9O3. The van der Waals surface area contributed by atoms with E-state index in [1.165, 1.54) is 0 Å². The van der Waals surface area contributed by atoms with Gasteiger partial charge in [0.1, 0.15) is 12.4 Å². The summed E-state index contributed by atoms with van der Waals surface area (Å²) in [6, 6.07) is 19.1. The van der Waals surface area contributed by atoms with Crippen molar-refractivity contribution in [2.75, 3.05) is 30.4 Å². The van der Waals surface area contributed by atoms with Crippen molar-refractivity contribution in [1.29, 1.82) is 0 Å². The second-order valence-corrected chi connectivity index (χ2v) is 8.40. The second kappa shape index (κ2) is 13.4. The molecule has 0 saturated carbocycles. The van der Waals surface area contributed by atoms with Crippen molar-refractivity contribution >= 4 is 24.0 Å². The van der Waals surface area contributed by atoms with Crippen LogP contribution in [0.1, 0.15) is 34.2 Å². The molecule has 0 radical (unpaired) electrons. The minimum atomic E-state index is -0.264. The summed E-state index contributed by atoms with van der Waals surface area (Å²) in [5.41, 5.74) is 2.10. The molecule has 3 aromatic heterocycles. The first-order valence-corrected chi connectivity index (χ1v) is 12.1. The Balaban J connectivity index is 0.000000283. The van der Waals surface area contributed by atoms with Crippen LogP contribution in [0.15, 0.2) is 73.1 Å². The summed E-state index contributed by atoms with van der Waals surface area (Å²) < 4.78 is 6.29. The van der Waals surface area contributed by atoms with Gasteiger partial charge in [-0.1, -0.05) is 41.6 Å². The van der Waals surface area contributed by atoms with E-state index in [0.717, 1.165) is 42.4 Å². The molecule has 12 heteroatoms. The maximum absolute atomic E-state index is 12.3. The molecule has 12 nitrogen and oxygen atoms in total. The molecule has 1 saturated heterocycles. The van der Waals surface area contributed by atoms with E-state index in [1.54, 1.807) is 17.1 Å². The van der Waals surface area contributed by atoms with Crippen LogP contribution in [0.5, 0.6) is 0 Å². The SMILES string of the molecule is CNc1ccc(N2CCC(n3cc(C(=O)NCc4ccccn4)nn3)C2)nn1.O=COCc1ccccc1. The third kappa shape index (κ3) is 7.32. The number of aromatic nitrogens is 6. The van der Waals surface area contributed by atoms with Crippen molar-refractivity contribution < 1.29 is 14.3 Å². The van der Waals surface area contributed by atoms with Gasteiger partial charge in [0.15, 0.2) is 11.5 Å². The molecule has 4 heterocycles. The topological polar surface area (TPSA) is 140 Å². The van der Waals surface area contributed by atoms with Crippen molar-refractivity contribution in [1.82, 2.24) is 35.5 Å². The van der Waals surface area contributed by atoms with Crippen molar-refractivity contribution in [2.45, 2.75) is 25.6 Å². The summed E-state index contributed by atoms with van der Waals surface area (Å²) in [5.74, 6) is 1.30. The number of carbonyl (C=O) groups excluding carboxylic acids is 2. The normalized spacial score (nSPS) is 14.2. The molecule has 1 fully saturated rings. The third-order valence-corrected chi connectivity index (χ3v) is 5.83. The van der Waals surface area contributed by atoms with Crippen LogP contribution < -0.4 is 15.5 Å². The number of nitrogens with one attached hydrogen (secondary N) is 2.